The number of rotatable bonds is 12. The minimum absolute atomic E-state index is 0.00268. The molecule has 1 aliphatic rings. The Morgan fingerprint density at radius 3 is 1.92 bits per heavy atom. The van der Waals surface area contributed by atoms with E-state index in [1.54, 1.807) is 0 Å². The third-order valence-electron chi connectivity index (χ3n) is 9.27. The highest BCUT2D eigenvalue weighted by molar-refractivity contribution is 5.84. The van der Waals surface area contributed by atoms with E-state index < -0.39 is 71.4 Å². The van der Waals surface area contributed by atoms with Gasteiger partial charge in [0.1, 0.15) is 5.54 Å². The largest absolute Gasteiger partial charge is 0.416 e. The molecule has 0 saturated carbocycles. The zero-order chi connectivity index (χ0) is 38.1. The second kappa shape index (κ2) is 15.0. The number of aromatic nitrogens is 4. The average molecular weight is 737 g/mol. The van der Waals surface area contributed by atoms with Crippen LogP contribution in [0.5, 0.6) is 0 Å². The molecule has 1 unspecified atom stereocenters. The lowest BCUT2D eigenvalue weighted by molar-refractivity contribution is -0.143. The van der Waals surface area contributed by atoms with Crippen LogP contribution in [0, 0.1) is 5.92 Å². The number of hydrogen-bond acceptors (Lipinski definition) is 7. The molecule has 9 nitrogen and oxygen atoms in total. The Morgan fingerprint density at radius 1 is 0.902 bits per heavy atom. The maximum atomic E-state index is 14.1. The molecular formula is C33H41F9N8O. The van der Waals surface area contributed by atoms with Crippen molar-refractivity contribution in [1.82, 2.24) is 30.0 Å². The van der Waals surface area contributed by atoms with Gasteiger partial charge in [0.2, 0.25) is 5.91 Å². The van der Waals surface area contributed by atoms with E-state index in [-0.39, 0.29) is 23.5 Å². The van der Waals surface area contributed by atoms with Crippen molar-refractivity contribution in [2.45, 2.75) is 83.2 Å². The number of anilines is 1. The summed E-state index contributed by atoms with van der Waals surface area (Å²) in [6.07, 6.45) is -13.8. The number of carbonyl (C=O) groups excluding carboxylic acids is 1. The molecule has 282 valence electrons. The van der Waals surface area contributed by atoms with Gasteiger partial charge in [0.25, 0.3) is 5.95 Å². The summed E-state index contributed by atoms with van der Waals surface area (Å²) in [6, 6.07) is 3.82. The fourth-order valence-corrected chi connectivity index (χ4v) is 6.80. The topological polar surface area (TPSA) is 96.4 Å². The van der Waals surface area contributed by atoms with Crippen LogP contribution < -0.4 is 10.6 Å². The summed E-state index contributed by atoms with van der Waals surface area (Å²) in [5.74, 6) is -0.439. The molecule has 1 aliphatic heterocycles. The fraction of sp³-hybridized carbons (Fsp3) is 0.576. The van der Waals surface area contributed by atoms with Gasteiger partial charge in [-0.05, 0) is 84.5 Å². The van der Waals surface area contributed by atoms with Gasteiger partial charge in [0.05, 0.1) is 23.7 Å². The smallest absolute Gasteiger partial charge is 0.368 e. The van der Waals surface area contributed by atoms with Crippen molar-refractivity contribution >= 4 is 11.9 Å². The molecular weight excluding hydrogens is 695 g/mol. The van der Waals surface area contributed by atoms with E-state index in [4.69, 9.17) is 5.73 Å². The van der Waals surface area contributed by atoms with Crippen LogP contribution in [0.15, 0.2) is 36.4 Å². The van der Waals surface area contributed by atoms with Crippen LogP contribution in [0.1, 0.15) is 79.5 Å². The summed E-state index contributed by atoms with van der Waals surface area (Å²) < 4.78 is 124. The maximum absolute atomic E-state index is 14.1. The van der Waals surface area contributed by atoms with E-state index in [1.165, 1.54) is 18.0 Å². The van der Waals surface area contributed by atoms with Gasteiger partial charge in [-0.1, -0.05) is 31.9 Å². The van der Waals surface area contributed by atoms with Crippen LogP contribution in [0.3, 0.4) is 0 Å². The van der Waals surface area contributed by atoms with Gasteiger partial charge < -0.3 is 10.6 Å². The van der Waals surface area contributed by atoms with Crippen molar-refractivity contribution in [1.29, 1.82) is 0 Å². The van der Waals surface area contributed by atoms with Crippen LogP contribution in [0.4, 0.5) is 45.5 Å². The van der Waals surface area contributed by atoms with E-state index in [9.17, 15) is 44.3 Å². The van der Waals surface area contributed by atoms with Gasteiger partial charge in [-0.2, -0.15) is 44.3 Å². The first-order valence-electron chi connectivity index (χ1n) is 16.3. The number of amides is 1. The summed E-state index contributed by atoms with van der Waals surface area (Å²) in [5, 5.41) is 11.7. The number of halogens is 9. The van der Waals surface area contributed by atoms with Gasteiger partial charge in [-0.3, -0.25) is 14.6 Å². The fourth-order valence-electron chi connectivity index (χ4n) is 6.80. The first kappa shape index (κ1) is 39.8. The zero-order valence-electron chi connectivity index (χ0n) is 28.8. The normalized spacial score (nSPS) is 16.5. The van der Waals surface area contributed by atoms with Crippen LogP contribution in [-0.2, 0) is 43.5 Å². The predicted octanol–water partition coefficient (Wildman–Crippen LogP) is 6.83. The molecule has 2 heterocycles. The number of benzene rings is 2. The monoisotopic (exact) mass is 736 g/mol. The number of primary amides is 1. The molecule has 18 heteroatoms. The molecule has 1 saturated heterocycles. The molecule has 4 rings (SSSR count). The number of likely N-dealkylation sites (tertiary alicyclic amines) is 1. The molecule has 1 amide bonds. The Bertz CT molecular complexity index is 1630. The van der Waals surface area contributed by atoms with E-state index in [2.05, 4.69) is 15.4 Å². The Balaban J connectivity index is 1.77. The minimum atomic E-state index is -5.11. The van der Waals surface area contributed by atoms with Crippen LogP contribution in [0.2, 0.25) is 0 Å². The Hall–Kier alpha value is -3.93. The highest BCUT2D eigenvalue weighted by Gasteiger charge is 2.45. The Morgan fingerprint density at radius 2 is 1.47 bits per heavy atom. The van der Waals surface area contributed by atoms with Crippen molar-refractivity contribution in [2.24, 2.45) is 18.7 Å². The molecule has 0 radical (unpaired) electrons. The lowest BCUT2D eigenvalue weighted by atomic mass is 9.83. The highest BCUT2D eigenvalue weighted by Crippen LogP contribution is 2.40. The van der Waals surface area contributed by atoms with Crippen molar-refractivity contribution < 1.29 is 44.3 Å². The molecule has 0 spiro atoms. The van der Waals surface area contributed by atoms with Gasteiger partial charge in [-0.15, -0.1) is 5.10 Å². The van der Waals surface area contributed by atoms with E-state index >= 15 is 0 Å². The SMILES string of the molecule is CCC(c1ccc(C(F)(F)F)cc1CN(Cc1cc(C(F)(F)F)cc(C(F)(F)F)c1)c1nnn(C)n1)N1CCC(C(N)=O)(N(C)CC(C)C)CC1. The number of aryl methyl sites for hydroxylation is 1. The van der Waals surface area contributed by atoms with Crippen molar-refractivity contribution in [3.05, 3.63) is 69.8 Å². The molecule has 0 aliphatic carbocycles. The second-order valence-corrected chi connectivity index (χ2v) is 13.4. The third-order valence-corrected chi connectivity index (χ3v) is 9.27. The molecule has 2 aromatic carbocycles. The number of likely N-dealkylation sites (N-methyl/N-ethyl adjacent to an activating group) is 1. The second-order valence-electron chi connectivity index (χ2n) is 13.4. The van der Waals surface area contributed by atoms with Crippen molar-refractivity contribution in [2.75, 3.05) is 31.6 Å². The number of nitrogens with zero attached hydrogens (tertiary/aromatic N) is 7. The molecule has 3 aromatic rings. The molecule has 2 N–H and O–H groups in total. The maximum Gasteiger partial charge on any atom is 0.416 e. The van der Waals surface area contributed by atoms with Crippen LogP contribution in [0.25, 0.3) is 0 Å². The number of piperidine rings is 1. The highest BCUT2D eigenvalue weighted by atomic mass is 19.4. The van der Waals surface area contributed by atoms with Gasteiger partial charge in [-0.25, -0.2) is 0 Å². The van der Waals surface area contributed by atoms with Crippen molar-refractivity contribution in [3.8, 4) is 0 Å². The number of tetrazole rings is 1. The lowest BCUT2D eigenvalue weighted by Crippen LogP contribution is -2.62. The van der Waals surface area contributed by atoms with E-state index in [0.717, 1.165) is 16.9 Å². The van der Waals surface area contributed by atoms with Crippen LogP contribution in [-0.4, -0.2) is 68.1 Å². The number of alkyl halides is 9. The minimum Gasteiger partial charge on any atom is -0.368 e. The number of carbonyl (C=O) groups is 1. The van der Waals surface area contributed by atoms with Crippen molar-refractivity contribution in [3.63, 3.8) is 0 Å². The summed E-state index contributed by atoms with van der Waals surface area (Å²) in [7, 11) is 3.22. The van der Waals surface area contributed by atoms with E-state index in [1.807, 2.05) is 37.6 Å². The average Bonchev–Trinajstić information content (AvgIpc) is 3.46. The first-order chi connectivity index (χ1) is 23.5. The van der Waals surface area contributed by atoms with Gasteiger partial charge in [0.15, 0.2) is 0 Å². The number of hydrogen-bond donors (Lipinski definition) is 1. The molecule has 1 aromatic heterocycles. The molecule has 1 fully saturated rings. The third kappa shape index (κ3) is 9.30. The summed E-state index contributed by atoms with van der Waals surface area (Å²) in [5.41, 5.74) is 1.06. The van der Waals surface area contributed by atoms with Gasteiger partial charge >= 0.3 is 18.5 Å². The Labute approximate surface area is 289 Å². The quantitative estimate of drug-likeness (QED) is 0.204. The molecule has 0 bridgehead atoms. The molecule has 1 atom stereocenters. The standard InChI is InChI=1S/C33H41F9N8O/c1-6-27(49-11-9-30(10-12-49,28(43)51)47(4)17-20(2)3)26-8-7-23(31(34,35)36)15-22(26)19-50(29-44-46-48(5)45-29)18-21-13-24(32(37,38)39)16-25(14-21)33(40,41)42/h7-8,13-16,20,27H,6,9-12,17-19H2,1-5H3,(H2,43,51). The lowest BCUT2D eigenvalue weighted by Gasteiger charge is -2.47. The van der Waals surface area contributed by atoms with Gasteiger partial charge in [0, 0.05) is 38.8 Å². The number of nitrogens with two attached hydrogens (primary N) is 1. The summed E-state index contributed by atoms with van der Waals surface area (Å²) >= 11 is 0. The molecule has 51 heavy (non-hydrogen) atoms. The predicted molar refractivity (Wildman–Crippen MR) is 170 cm³/mol. The van der Waals surface area contributed by atoms with Crippen LogP contribution >= 0.6 is 0 Å². The Kier molecular flexibility index (Phi) is 11.7. The zero-order valence-corrected chi connectivity index (χ0v) is 28.8. The summed E-state index contributed by atoms with van der Waals surface area (Å²) in [4.78, 5) is 19.0. The van der Waals surface area contributed by atoms with E-state index in [0.29, 0.717) is 56.6 Å². The first-order valence-corrected chi connectivity index (χ1v) is 16.3. The summed E-state index contributed by atoms with van der Waals surface area (Å²) in [6.45, 7) is 6.20.